The van der Waals surface area contributed by atoms with Crippen LogP contribution in [-0.2, 0) is 10.3 Å². The predicted molar refractivity (Wildman–Crippen MR) is 109 cm³/mol. The highest BCUT2D eigenvalue weighted by molar-refractivity contribution is 6.08. The Balaban J connectivity index is 2.02. The van der Waals surface area contributed by atoms with Crippen molar-refractivity contribution in [2.24, 2.45) is 10.7 Å². The van der Waals surface area contributed by atoms with Crippen molar-refractivity contribution in [1.29, 1.82) is 5.26 Å². The number of carbonyl (C=O) groups excluding carboxylic acids is 1. The number of likely N-dealkylation sites (N-methyl/N-ethyl adjacent to an activating group) is 1. The summed E-state index contributed by atoms with van der Waals surface area (Å²) >= 11 is 0. The average Bonchev–Trinajstić information content (AvgIpc) is 3.05. The summed E-state index contributed by atoms with van der Waals surface area (Å²) < 4.78 is 56.2. The SMILES string of the molecule is CN1C(=O)C(c2cc(F)c(F)c(-c3cncc(C#N)c3)c2)(c2cccc(C(F)F)n2)N=C1N. The molecule has 11 heteroatoms. The van der Waals surface area contributed by atoms with Crippen LogP contribution < -0.4 is 5.73 Å². The summed E-state index contributed by atoms with van der Waals surface area (Å²) in [7, 11) is 1.31. The zero-order valence-corrected chi connectivity index (χ0v) is 16.9. The van der Waals surface area contributed by atoms with E-state index in [9.17, 15) is 22.4 Å². The van der Waals surface area contributed by atoms with Crippen molar-refractivity contribution in [3.8, 4) is 17.2 Å². The number of alkyl halides is 2. The number of hydrogen-bond donors (Lipinski definition) is 1. The molecule has 2 aromatic heterocycles. The van der Waals surface area contributed by atoms with Gasteiger partial charge in [-0.25, -0.2) is 27.5 Å². The molecule has 1 aliphatic heterocycles. The quantitative estimate of drug-likeness (QED) is 0.609. The molecule has 1 atom stereocenters. The van der Waals surface area contributed by atoms with Gasteiger partial charge in [0.05, 0.1) is 11.3 Å². The van der Waals surface area contributed by atoms with E-state index in [0.717, 1.165) is 23.1 Å². The number of aliphatic imine (C=N–C) groups is 1. The van der Waals surface area contributed by atoms with Gasteiger partial charge in [0.1, 0.15) is 11.8 Å². The summed E-state index contributed by atoms with van der Waals surface area (Å²) in [4.78, 5) is 26.2. The number of halogens is 4. The molecule has 0 aliphatic carbocycles. The van der Waals surface area contributed by atoms with Crippen LogP contribution in [0.3, 0.4) is 0 Å². The fourth-order valence-electron chi connectivity index (χ4n) is 3.58. The first kappa shape index (κ1) is 21.9. The lowest BCUT2D eigenvalue weighted by atomic mass is 9.84. The number of aromatic nitrogens is 2. The second-order valence-corrected chi connectivity index (χ2v) is 7.19. The van der Waals surface area contributed by atoms with E-state index in [1.54, 1.807) is 0 Å². The van der Waals surface area contributed by atoms with E-state index >= 15 is 0 Å². The molecule has 3 aromatic rings. The van der Waals surface area contributed by atoms with Gasteiger partial charge in [-0.2, -0.15) is 5.26 Å². The minimum absolute atomic E-state index is 0.0625. The van der Waals surface area contributed by atoms with Crippen LogP contribution in [0.15, 0.2) is 53.8 Å². The Morgan fingerprint density at radius 3 is 2.58 bits per heavy atom. The number of nitrogens with zero attached hydrogens (tertiary/aromatic N) is 5. The monoisotopic (exact) mass is 454 g/mol. The number of pyridine rings is 2. The van der Waals surface area contributed by atoms with E-state index < -0.39 is 35.2 Å². The lowest BCUT2D eigenvalue weighted by Crippen LogP contribution is -2.41. The molecule has 0 saturated heterocycles. The molecule has 1 aromatic carbocycles. The number of rotatable bonds is 4. The second-order valence-electron chi connectivity index (χ2n) is 7.19. The van der Waals surface area contributed by atoms with Crippen molar-refractivity contribution < 1.29 is 22.4 Å². The molecule has 33 heavy (non-hydrogen) atoms. The van der Waals surface area contributed by atoms with E-state index in [-0.39, 0.29) is 33.9 Å². The van der Waals surface area contributed by atoms with Crippen molar-refractivity contribution in [3.05, 3.63) is 82.9 Å². The molecule has 0 fully saturated rings. The summed E-state index contributed by atoms with van der Waals surface area (Å²) in [5.74, 6) is -3.63. The maximum absolute atomic E-state index is 14.8. The minimum Gasteiger partial charge on any atom is -0.369 e. The van der Waals surface area contributed by atoms with E-state index in [0.29, 0.717) is 0 Å². The Bertz CT molecular complexity index is 1350. The predicted octanol–water partition coefficient (Wildman–Crippen LogP) is 3.26. The smallest absolute Gasteiger partial charge is 0.280 e. The molecule has 1 aliphatic rings. The normalized spacial score (nSPS) is 17.9. The van der Waals surface area contributed by atoms with Gasteiger partial charge in [-0.1, -0.05) is 6.07 Å². The summed E-state index contributed by atoms with van der Waals surface area (Å²) in [6.45, 7) is 0. The molecule has 0 saturated carbocycles. The van der Waals surface area contributed by atoms with Crippen LogP contribution in [0.25, 0.3) is 11.1 Å². The maximum Gasteiger partial charge on any atom is 0.280 e. The van der Waals surface area contributed by atoms with Gasteiger partial charge in [-0.3, -0.25) is 14.7 Å². The van der Waals surface area contributed by atoms with Crippen molar-refractivity contribution in [3.63, 3.8) is 0 Å². The first-order chi connectivity index (χ1) is 15.7. The number of amides is 1. The Hall–Kier alpha value is -4.33. The molecule has 4 rings (SSSR count). The number of carbonyl (C=O) groups is 1. The molecule has 0 spiro atoms. The molecule has 0 radical (unpaired) electrons. The van der Waals surface area contributed by atoms with Gasteiger partial charge < -0.3 is 5.73 Å². The van der Waals surface area contributed by atoms with Gasteiger partial charge in [0.25, 0.3) is 12.3 Å². The average molecular weight is 454 g/mol. The fraction of sp³-hybridized carbons (Fsp3) is 0.136. The third-order valence-corrected chi connectivity index (χ3v) is 5.23. The topological polar surface area (TPSA) is 108 Å². The molecule has 1 unspecified atom stereocenters. The second kappa shape index (κ2) is 7.98. The summed E-state index contributed by atoms with van der Waals surface area (Å²) in [6.07, 6.45) is -0.494. The van der Waals surface area contributed by atoms with E-state index in [1.165, 1.54) is 37.6 Å². The number of hydrogen-bond acceptors (Lipinski definition) is 6. The van der Waals surface area contributed by atoms with Crippen LogP contribution in [0.1, 0.15) is 28.9 Å². The van der Waals surface area contributed by atoms with Crippen molar-refractivity contribution in [1.82, 2.24) is 14.9 Å². The molecular weight excluding hydrogens is 440 g/mol. The molecular formula is C22H14F4N6O. The lowest BCUT2D eigenvalue weighted by molar-refractivity contribution is -0.129. The third-order valence-electron chi connectivity index (χ3n) is 5.23. The minimum atomic E-state index is -2.95. The largest absolute Gasteiger partial charge is 0.369 e. The van der Waals surface area contributed by atoms with Crippen LogP contribution in [0, 0.1) is 23.0 Å². The van der Waals surface area contributed by atoms with Crippen LogP contribution in [0.2, 0.25) is 0 Å². The highest BCUT2D eigenvalue weighted by Crippen LogP contribution is 2.41. The van der Waals surface area contributed by atoms with Gasteiger partial charge in [0.15, 0.2) is 17.6 Å². The van der Waals surface area contributed by atoms with Crippen LogP contribution >= 0.6 is 0 Å². The van der Waals surface area contributed by atoms with E-state index in [4.69, 9.17) is 11.0 Å². The fourth-order valence-corrected chi connectivity index (χ4v) is 3.58. The number of guanidine groups is 1. The Morgan fingerprint density at radius 2 is 1.94 bits per heavy atom. The van der Waals surface area contributed by atoms with Crippen molar-refractivity contribution >= 4 is 11.9 Å². The first-order valence-corrected chi connectivity index (χ1v) is 9.43. The maximum atomic E-state index is 14.8. The molecule has 3 heterocycles. The van der Waals surface area contributed by atoms with Crippen LogP contribution in [-0.4, -0.2) is 33.8 Å². The summed E-state index contributed by atoms with van der Waals surface area (Å²) in [5.41, 5.74) is 2.50. The molecule has 0 bridgehead atoms. The highest BCUT2D eigenvalue weighted by Gasteiger charge is 2.51. The Morgan fingerprint density at radius 1 is 1.18 bits per heavy atom. The number of benzene rings is 1. The standard InChI is InChI=1S/C22H14F4N6O/c1-32-20(33)22(31-21(32)28,17-4-2-3-16(30-17)19(25)26)13-6-14(18(24)15(23)7-13)12-5-11(8-27)9-29-10-12/h2-7,9-10,19H,1H3,(H2,28,31). The van der Waals surface area contributed by atoms with E-state index in [1.807, 2.05) is 6.07 Å². The molecule has 166 valence electrons. The Kier molecular flexibility index (Phi) is 5.29. The number of nitrogens with two attached hydrogens (primary N) is 1. The van der Waals surface area contributed by atoms with Gasteiger partial charge in [0.2, 0.25) is 5.54 Å². The van der Waals surface area contributed by atoms with Crippen LogP contribution in [0.5, 0.6) is 0 Å². The molecule has 7 nitrogen and oxygen atoms in total. The van der Waals surface area contributed by atoms with E-state index in [2.05, 4.69) is 15.0 Å². The van der Waals surface area contributed by atoms with Crippen LogP contribution in [0.4, 0.5) is 17.6 Å². The van der Waals surface area contributed by atoms with Gasteiger partial charge in [0, 0.05) is 30.6 Å². The Labute approximate surface area is 184 Å². The molecule has 1 amide bonds. The zero-order valence-electron chi connectivity index (χ0n) is 16.9. The summed E-state index contributed by atoms with van der Waals surface area (Å²) in [5, 5.41) is 9.10. The highest BCUT2D eigenvalue weighted by atomic mass is 19.3. The zero-order chi connectivity index (χ0) is 23.9. The van der Waals surface area contributed by atoms with Crippen molar-refractivity contribution in [2.45, 2.75) is 12.0 Å². The summed E-state index contributed by atoms with van der Waals surface area (Å²) in [6, 6.07) is 8.61. The number of nitriles is 1. The first-order valence-electron chi connectivity index (χ1n) is 9.43. The van der Waals surface area contributed by atoms with Gasteiger partial charge in [-0.05, 0) is 35.9 Å². The van der Waals surface area contributed by atoms with Gasteiger partial charge in [-0.15, -0.1) is 0 Å². The third kappa shape index (κ3) is 3.45. The molecule has 2 N–H and O–H groups in total. The lowest BCUT2D eigenvalue weighted by Gasteiger charge is -2.26. The van der Waals surface area contributed by atoms with Crippen molar-refractivity contribution in [2.75, 3.05) is 7.05 Å². The van der Waals surface area contributed by atoms with Gasteiger partial charge >= 0.3 is 0 Å².